The molecule has 6 nitrogen and oxygen atoms in total. The second kappa shape index (κ2) is 11.3. The van der Waals surface area contributed by atoms with Crippen molar-refractivity contribution in [1.29, 1.82) is 5.26 Å². The maximum Gasteiger partial charge on any atom is 0.266 e. The van der Waals surface area contributed by atoms with E-state index < -0.39 is 5.91 Å². The first-order chi connectivity index (χ1) is 16.2. The van der Waals surface area contributed by atoms with E-state index in [-0.39, 0.29) is 18.1 Å². The summed E-state index contributed by atoms with van der Waals surface area (Å²) in [5.74, 6) is -0.300. The number of anilines is 2. The van der Waals surface area contributed by atoms with Gasteiger partial charge in [-0.25, -0.2) is 0 Å². The van der Waals surface area contributed by atoms with E-state index in [2.05, 4.69) is 26.6 Å². The lowest BCUT2D eigenvalue weighted by Crippen LogP contribution is -2.20. The molecule has 0 aliphatic carbocycles. The van der Waals surface area contributed by atoms with Gasteiger partial charge in [0.1, 0.15) is 17.4 Å². The minimum absolute atomic E-state index is 0.0325. The minimum Gasteiger partial charge on any atom is -0.483 e. The van der Waals surface area contributed by atoms with E-state index in [4.69, 9.17) is 4.74 Å². The van der Waals surface area contributed by atoms with Crippen LogP contribution < -0.4 is 15.4 Å². The van der Waals surface area contributed by atoms with Gasteiger partial charge < -0.3 is 15.4 Å². The van der Waals surface area contributed by atoms with Gasteiger partial charge in [0.25, 0.3) is 11.8 Å². The highest BCUT2D eigenvalue weighted by atomic mass is 79.9. The van der Waals surface area contributed by atoms with Crippen molar-refractivity contribution >= 4 is 45.2 Å². The summed E-state index contributed by atoms with van der Waals surface area (Å²) in [7, 11) is 0. The molecule has 2 N–H and O–H groups in total. The third-order valence-corrected chi connectivity index (χ3v) is 5.54. The Labute approximate surface area is 207 Å². The maximum absolute atomic E-state index is 12.5. The number of halogens is 1. The number of hydrogen-bond donors (Lipinski definition) is 2. The average molecular weight is 518 g/mol. The predicted molar refractivity (Wildman–Crippen MR) is 138 cm³/mol. The molecular formula is C27H24BrN3O3. The average Bonchev–Trinajstić information content (AvgIpc) is 2.78. The fourth-order valence-electron chi connectivity index (χ4n) is 3.24. The fraction of sp³-hybridized carbons (Fsp3) is 0.148. The minimum atomic E-state index is -0.493. The molecule has 0 radical (unpaired) electrons. The molecule has 0 saturated carbocycles. The molecular weight excluding hydrogens is 494 g/mol. The van der Waals surface area contributed by atoms with Crippen LogP contribution >= 0.6 is 15.9 Å². The number of amides is 2. The van der Waals surface area contributed by atoms with Gasteiger partial charge in [-0.15, -0.1) is 0 Å². The van der Waals surface area contributed by atoms with Gasteiger partial charge in [-0.1, -0.05) is 35.9 Å². The largest absolute Gasteiger partial charge is 0.483 e. The van der Waals surface area contributed by atoms with Crippen LogP contribution in [0.5, 0.6) is 5.75 Å². The van der Waals surface area contributed by atoms with E-state index in [1.165, 1.54) is 6.08 Å². The van der Waals surface area contributed by atoms with Crippen molar-refractivity contribution in [2.24, 2.45) is 0 Å². The SMILES string of the molecule is Cc1cccc(NC(=O)/C(C#N)=C/c2ccc(OCC(=O)Nc3ccc(C)cc3C)c(Br)c2)c1. The lowest BCUT2D eigenvalue weighted by molar-refractivity contribution is -0.118. The Hall–Kier alpha value is -3.89. The van der Waals surface area contributed by atoms with Crippen LogP contribution in [-0.4, -0.2) is 18.4 Å². The third-order valence-electron chi connectivity index (χ3n) is 4.92. The van der Waals surface area contributed by atoms with Gasteiger partial charge in [0, 0.05) is 11.4 Å². The van der Waals surface area contributed by atoms with Gasteiger partial charge in [0.15, 0.2) is 6.61 Å². The number of nitrogens with zero attached hydrogens (tertiary/aromatic N) is 1. The smallest absolute Gasteiger partial charge is 0.266 e. The molecule has 7 heteroatoms. The number of hydrogen-bond acceptors (Lipinski definition) is 4. The molecule has 0 atom stereocenters. The lowest BCUT2D eigenvalue weighted by atomic mass is 10.1. The van der Waals surface area contributed by atoms with Crippen molar-refractivity contribution in [2.75, 3.05) is 17.2 Å². The maximum atomic E-state index is 12.5. The standard InChI is InChI=1S/C27H24BrN3O3/c1-17-5-4-6-22(12-17)30-27(33)21(15-29)13-20-8-10-25(23(28)14-20)34-16-26(32)31-24-9-7-18(2)11-19(24)3/h4-14H,16H2,1-3H3,(H,30,33)(H,31,32)/b21-13+. The van der Waals surface area contributed by atoms with Crippen molar-refractivity contribution in [2.45, 2.75) is 20.8 Å². The van der Waals surface area contributed by atoms with E-state index in [0.717, 1.165) is 22.4 Å². The molecule has 34 heavy (non-hydrogen) atoms. The van der Waals surface area contributed by atoms with E-state index in [9.17, 15) is 14.9 Å². The van der Waals surface area contributed by atoms with Crippen LogP contribution in [0.4, 0.5) is 11.4 Å². The van der Waals surface area contributed by atoms with Gasteiger partial charge in [0.2, 0.25) is 0 Å². The van der Waals surface area contributed by atoms with Gasteiger partial charge in [-0.3, -0.25) is 9.59 Å². The highest BCUT2D eigenvalue weighted by Crippen LogP contribution is 2.27. The molecule has 2 amide bonds. The summed E-state index contributed by atoms with van der Waals surface area (Å²) in [5, 5.41) is 15.0. The molecule has 0 fully saturated rings. The molecule has 0 unspecified atom stereocenters. The van der Waals surface area contributed by atoms with Crippen LogP contribution in [0, 0.1) is 32.1 Å². The third kappa shape index (κ3) is 6.80. The summed E-state index contributed by atoms with van der Waals surface area (Å²) >= 11 is 3.42. The molecule has 0 spiro atoms. The first-order valence-electron chi connectivity index (χ1n) is 10.5. The highest BCUT2D eigenvalue weighted by Gasteiger charge is 2.12. The molecule has 3 aromatic rings. The molecule has 0 heterocycles. The molecule has 0 aromatic heterocycles. The van der Waals surface area contributed by atoms with E-state index in [1.807, 2.05) is 63.2 Å². The van der Waals surface area contributed by atoms with Crippen molar-refractivity contribution in [3.05, 3.63) is 93.0 Å². The van der Waals surface area contributed by atoms with Crippen LogP contribution in [0.3, 0.4) is 0 Å². The molecule has 0 saturated heterocycles. The number of carbonyl (C=O) groups excluding carboxylic acids is 2. The van der Waals surface area contributed by atoms with Crippen LogP contribution in [-0.2, 0) is 9.59 Å². The summed E-state index contributed by atoms with van der Waals surface area (Å²) in [4.78, 5) is 24.8. The second-order valence-corrected chi connectivity index (χ2v) is 8.69. The Morgan fingerprint density at radius 1 is 1.00 bits per heavy atom. The van der Waals surface area contributed by atoms with Gasteiger partial charge in [0.05, 0.1) is 4.47 Å². The van der Waals surface area contributed by atoms with Crippen LogP contribution in [0.1, 0.15) is 22.3 Å². The summed E-state index contributed by atoms with van der Waals surface area (Å²) in [6, 6.07) is 20.2. The van der Waals surface area contributed by atoms with Crippen molar-refractivity contribution in [3.63, 3.8) is 0 Å². The zero-order chi connectivity index (χ0) is 24.7. The van der Waals surface area contributed by atoms with Gasteiger partial charge in [-0.05, 0) is 89.8 Å². The summed E-state index contributed by atoms with van der Waals surface area (Å²) < 4.78 is 6.23. The Bertz CT molecular complexity index is 1310. The van der Waals surface area contributed by atoms with Crippen LogP contribution in [0.2, 0.25) is 0 Å². The molecule has 3 aromatic carbocycles. The molecule has 0 bridgehead atoms. The van der Waals surface area contributed by atoms with Crippen molar-refractivity contribution < 1.29 is 14.3 Å². The first kappa shape index (κ1) is 24.7. The van der Waals surface area contributed by atoms with E-state index >= 15 is 0 Å². The highest BCUT2D eigenvalue weighted by molar-refractivity contribution is 9.10. The molecule has 0 aliphatic heterocycles. The number of nitriles is 1. The zero-order valence-electron chi connectivity index (χ0n) is 19.1. The predicted octanol–water partition coefficient (Wildman–Crippen LogP) is 5.94. The summed E-state index contributed by atoms with van der Waals surface area (Å²) in [6.45, 7) is 5.69. The zero-order valence-corrected chi connectivity index (χ0v) is 20.7. The Kier molecular flexibility index (Phi) is 8.23. The number of rotatable bonds is 7. The number of carbonyl (C=O) groups is 2. The topological polar surface area (TPSA) is 91.2 Å². The first-order valence-corrected chi connectivity index (χ1v) is 11.3. The van der Waals surface area contributed by atoms with Crippen LogP contribution in [0.15, 0.2) is 70.7 Å². The summed E-state index contributed by atoms with van der Waals surface area (Å²) in [6.07, 6.45) is 1.49. The number of aryl methyl sites for hydroxylation is 3. The van der Waals surface area contributed by atoms with Gasteiger partial charge in [-0.2, -0.15) is 5.26 Å². The molecule has 172 valence electrons. The Morgan fingerprint density at radius 3 is 2.44 bits per heavy atom. The monoisotopic (exact) mass is 517 g/mol. The normalized spacial score (nSPS) is 10.9. The van der Waals surface area contributed by atoms with Crippen LogP contribution in [0.25, 0.3) is 6.08 Å². The molecule has 3 rings (SSSR count). The van der Waals surface area contributed by atoms with Crippen molar-refractivity contribution in [3.8, 4) is 11.8 Å². The van der Waals surface area contributed by atoms with E-state index in [1.54, 1.807) is 24.3 Å². The lowest BCUT2D eigenvalue weighted by Gasteiger charge is -2.11. The second-order valence-electron chi connectivity index (χ2n) is 7.84. The Balaban J connectivity index is 1.64. The Morgan fingerprint density at radius 2 is 1.76 bits per heavy atom. The summed E-state index contributed by atoms with van der Waals surface area (Å²) in [5.41, 5.74) is 5.07. The van der Waals surface area contributed by atoms with Gasteiger partial charge >= 0.3 is 0 Å². The quantitative estimate of drug-likeness (QED) is 0.299. The number of benzene rings is 3. The number of nitrogens with one attached hydrogen (secondary N) is 2. The number of ether oxygens (including phenoxy) is 1. The molecule has 0 aliphatic rings. The fourth-order valence-corrected chi connectivity index (χ4v) is 3.75. The van der Waals surface area contributed by atoms with E-state index in [0.29, 0.717) is 21.5 Å². The van der Waals surface area contributed by atoms with Crippen molar-refractivity contribution in [1.82, 2.24) is 0 Å².